The van der Waals surface area contributed by atoms with Crippen LogP contribution < -0.4 is 10.1 Å². The fraction of sp³-hybridized carbons (Fsp3) is 0.444. The first-order valence-corrected chi connectivity index (χ1v) is 8.90. The summed E-state index contributed by atoms with van der Waals surface area (Å²) in [5.41, 5.74) is 1.99. The van der Waals surface area contributed by atoms with Gasteiger partial charge in [-0.2, -0.15) is 0 Å². The largest absolute Gasteiger partial charge is 0.494 e. The number of rotatable bonds is 8. The molecule has 23 heavy (non-hydrogen) atoms. The molecular weight excluding hydrogens is 308 g/mol. The number of ether oxygens (including phenoxy) is 1. The van der Waals surface area contributed by atoms with Gasteiger partial charge in [0.1, 0.15) is 5.75 Å². The van der Waals surface area contributed by atoms with E-state index in [-0.39, 0.29) is 5.91 Å². The summed E-state index contributed by atoms with van der Waals surface area (Å²) in [6.45, 7) is 6.40. The number of hydrogen-bond donors (Lipinski definition) is 1. The third kappa shape index (κ3) is 5.36. The molecule has 1 amide bonds. The molecule has 1 aromatic carbocycles. The van der Waals surface area contributed by atoms with E-state index in [1.54, 1.807) is 0 Å². The zero-order chi connectivity index (χ0) is 16.7. The predicted octanol–water partition coefficient (Wildman–Crippen LogP) is 5.04. The van der Waals surface area contributed by atoms with Gasteiger partial charge in [0.2, 0.25) is 5.91 Å². The van der Waals surface area contributed by atoms with Gasteiger partial charge in [-0.15, -0.1) is 0 Å². The van der Waals surface area contributed by atoms with E-state index in [9.17, 15) is 4.79 Å². The summed E-state index contributed by atoms with van der Waals surface area (Å²) >= 11 is 1.49. The summed E-state index contributed by atoms with van der Waals surface area (Å²) in [5.74, 6) is 0.780. The monoisotopic (exact) mass is 332 g/mol. The first-order chi connectivity index (χ1) is 11.1. The zero-order valence-electron chi connectivity index (χ0n) is 14.0. The molecule has 0 unspecified atom stereocenters. The number of carbonyl (C=O) groups is 1. The Bertz CT molecular complexity index is 652. The molecule has 1 heterocycles. The maximum Gasteiger partial charge on any atom is 0.223 e. The molecule has 0 bridgehead atoms. The lowest BCUT2D eigenvalue weighted by molar-refractivity contribution is -0.114. The van der Waals surface area contributed by atoms with Crippen LogP contribution in [0.15, 0.2) is 24.3 Å². The number of aryl methyl sites for hydroxylation is 1. The summed E-state index contributed by atoms with van der Waals surface area (Å²) in [4.78, 5) is 16.6. The van der Waals surface area contributed by atoms with Gasteiger partial charge in [-0.25, -0.2) is 4.98 Å². The van der Waals surface area contributed by atoms with E-state index in [1.165, 1.54) is 37.5 Å². The van der Waals surface area contributed by atoms with Crippen molar-refractivity contribution in [3.05, 3.63) is 30.0 Å². The van der Waals surface area contributed by atoms with E-state index in [0.717, 1.165) is 34.9 Å². The van der Waals surface area contributed by atoms with Crippen LogP contribution in [0.2, 0.25) is 0 Å². The standard InChI is InChI=1S/C18H24N2O2S/c1-4-5-6-7-11-22-16-10-8-9-15(12-16)17-13(2)19-18(23-17)20-14(3)21/h8-10,12H,4-7,11H2,1-3H3,(H,19,20,21). The molecule has 4 nitrogen and oxygen atoms in total. The van der Waals surface area contributed by atoms with Crippen molar-refractivity contribution in [2.45, 2.75) is 46.5 Å². The first-order valence-electron chi connectivity index (χ1n) is 8.08. The molecule has 5 heteroatoms. The third-order valence-corrected chi connectivity index (χ3v) is 4.56. The second-order valence-corrected chi connectivity index (χ2v) is 6.55. The van der Waals surface area contributed by atoms with E-state index >= 15 is 0 Å². The Labute approximate surface area is 141 Å². The van der Waals surface area contributed by atoms with Gasteiger partial charge in [0.15, 0.2) is 5.13 Å². The number of amides is 1. The molecule has 0 fully saturated rings. The minimum atomic E-state index is -0.102. The van der Waals surface area contributed by atoms with Gasteiger partial charge in [0, 0.05) is 6.92 Å². The molecule has 1 aromatic heterocycles. The number of nitrogens with zero attached hydrogens (tertiary/aromatic N) is 1. The van der Waals surface area contributed by atoms with Gasteiger partial charge in [-0.1, -0.05) is 49.7 Å². The fourth-order valence-electron chi connectivity index (χ4n) is 2.31. The van der Waals surface area contributed by atoms with Crippen LogP contribution in [0.5, 0.6) is 5.75 Å². The SMILES string of the molecule is CCCCCCOc1cccc(-c2sc(NC(C)=O)nc2C)c1. The number of benzene rings is 1. The van der Waals surface area contributed by atoms with Crippen LogP contribution in [-0.4, -0.2) is 17.5 Å². The predicted molar refractivity (Wildman–Crippen MR) is 96.2 cm³/mol. The smallest absolute Gasteiger partial charge is 0.223 e. The van der Waals surface area contributed by atoms with Gasteiger partial charge < -0.3 is 10.1 Å². The molecule has 0 saturated heterocycles. The molecule has 0 saturated carbocycles. The highest BCUT2D eigenvalue weighted by molar-refractivity contribution is 7.19. The Kier molecular flexibility index (Phi) is 6.59. The van der Waals surface area contributed by atoms with Crippen molar-refractivity contribution in [2.24, 2.45) is 0 Å². The summed E-state index contributed by atoms with van der Waals surface area (Å²) < 4.78 is 5.84. The number of thiazole rings is 1. The van der Waals surface area contributed by atoms with Gasteiger partial charge in [0.05, 0.1) is 17.2 Å². The van der Waals surface area contributed by atoms with Crippen LogP contribution >= 0.6 is 11.3 Å². The topological polar surface area (TPSA) is 51.2 Å². The van der Waals surface area contributed by atoms with E-state index in [4.69, 9.17) is 4.74 Å². The Balaban J connectivity index is 2.04. The molecule has 0 aliphatic rings. The van der Waals surface area contributed by atoms with Crippen molar-refractivity contribution in [3.63, 3.8) is 0 Å². The van der Waals surface area contributed by atoms with Crippen molar-refractivity contribution in [1.82, 2.24) is 4.98 Å². The average molecular weight is 332 g/mol. The molecular formula is C18H24N2O2S. The molecule has 124 valence electrons. The number of anilines is 1. The number of unbranched alkanes of at least 4 members (excludes halogenated alkanes) is 3. The van der Waals surface area contributed by atoms with Crippen molar-refractivity contribution in [2.75, 3.05) is 11.9 Å². The Hall–Kier alpha value is -1.88. The average Bonchev–Trinajstić information content (AvgIpc) is 2.87. The van der Waals surface area contributed by atoms with Crippen LogP contribution in [0, 0.1) is 6.92 Å². The lowest BCUT2D eigenvalue weighted by Gasteiger charge is -2.07. The highest BCUT2D eigenvalue weighted by Crippen LogP contribution is 2.34. The van der Waals surface area contributed by atoms with Gasteiger partial charge >= 0.3 is 0 Å². The summed E-state index contributed by atoms with van der Waals surface area (Å²) in [6, 6.07) is 8.06. The first kappa shape index (κ1) is 17.5. The van der Waals surface area contributed by atoms with Crippen LogP contribution in [0.3, 0.4) is 0 Å². The lowest BCUT2D eigenvalue weighted by Crippen LogP contribution is -2.04. The number of aromatic nitrogens is 1. The van der Waals surface area contributed by atoms with Crippen molar-refractivity contribution >= 4 is 22.4 Å². The van der Waals surface area contributed by atoms with Gasteiger partial charge in [-0.3, -0.25) is 4.79 Å². The number of carbonyl (C=O) groups excluding carboxylic acids is 1. The molecule has 2 rings (SSSR count). The maximum atomic E-state index is 11.2. The molecule has 0 spiro atoms. The van der Waals surface area contributed by atoms with E-state index in [2.05, 4.69) is 17.2 Å². The Morgan fingerprint density at radius 2 is 2.13 bits per heavy atom. The number of hydrogen-bond acceptors (Lipinski definition) is 4. The van der Waals surface area contributed by atoms with Gasteiger partial charge in [-0.05, 0) is 31.0 Å². The van der Waals surface area contributed by atoms with Crippen molar-refractivity contribution in [3.8, 4) is 16.2 Å². The lowest BCUT2D eigenvalue weighted by atomic mass is 10.1. The molecule has 0 aliphatic heterocycles. The highest BCUT2D eigenvalue weighted by Gasteiger charge is 2.11. The van der Waals surface area contributed by atoms with Crippen LogP contribution in [-0.2, 0) is 4.79 Å². The van der Waals surface area contributed by atoms with Crippen molar-refractivity contribution < 1.29 is 9.53 Å². The molecule has 0 atom stereocenters. The Morgan fingerprint density at radius 3 is 2.87 bits per heavy atom. The molecule has 2 aromatic rings. The third-order valence-electron chi connectivity index (χ3n) is 3.44. The van der Waals surface area contributed by atoms with E-state index < -0.39 is 0 Å². The summed E-state index contributed by atoms with van der Waals surface area (Å²) in [5, 5.41) is 3.38. The fourth-order valence-corrected chi connectivity index (χ4v) is 3.32. The quantitative estimate of drug-likeness (QED) is 0.689. The summed E-state index contributed by atoms with van der Waals surface area (Å²) in [7, 11) is 0. The zero-order valence-corrected chi connectivity index (χ0v) is 14.8. The maximum absolute atomic E-state index is 11.2. The van der Waals surface area contributed by atoms with Crippen LogP contribution in [0.4, 0.5) is 5.13 Å². The molecule has 0 radical (unpaired) electrons. The number of nitrogens with one attached hydrogen (secondary N) is 1. The summed E-state index contributed by atoms with van der Waals surface area (Å²) in [6.07, 6.45) is 4.79. The van der Waals surface area contributed by atoms with Crippen LogP contribution in [0.25, 0.3) is 10.4 Å². The van der Waals surface area contributed by atoms with Gasteiger partial charge in [0.25, 0.3) is 0 Å². The second-order valence-electron chi connectivity index (χ2n) is 5.55. The Morgan fingerprint density at radius 1 is 1.30 bits per heavy atom. The normalized spacial score (nSPS) is 10.6. The minimum Gasteiger partial charge on any atom is -0.494 e. The molecule has 1 N–H and O–H groups in total. The van der Waals surface area contributed by atoms with Crippen molar-refractivity contribution in [1.29, 1.82) is 0 Å². The van der Waals surface area contributed by atoms with Crippen LogP contribution in [0.1, 0.15) is 45.2 Å². The second kappa shape index (κ2) is 8.67. The van der Waals surface area contributed by atoms with E-state index in [0.29, 0.717) is 5.13 Å². The highest BCUT2D eigenvalue weighted by atomic mass is 32.1. The molecule has 0 aliphatic carbocycles. The minimum absolute atomic E-state index is 0.102. The van der Waals surface area contributed by atoms with E-state index in [1.807, 2.05) is 31.2 Å².